The molecule has 0 aliphatic rings. The van der Waals surface area contributed by atoms with Crippen LogP contribution in [0.25, 0.3) is 0 Å². The highest BCUT2D eigenvalue weighted by Crippen LogP contribution is 2.28. The SMILES string of the molecule is C[C@H](CNC(=O)COc1ccc([N+](=O)[O-])cc1Cl)c1ccccc1. The fourth-order valence-electron chi connectivity index (χ4n) is 2.08. The first-order valence-electron chi connectivity index (χ1n) is 7.35. The lowest BCUT2D eigenvalue weighted by Crippen LogP contribution is -2.31. The van der Waals surface area contributed by atoms with Crippen LogP contribution < -0.4 is 10.1 Å². The maximum atomic E-state index is 11.9. The van der Waals surface area contributed by atoms with Crippen molar-refractivity contribution in [2.75, 3.05) is 13.2 Å². The van der Waals surface area contributed by atoms with E-state index in [-0.39, 0.29) is 34.9 Å². The standard InChI is InChI=1S/C17H17ClN2O4/c1-12(13-5-3-2-4-6-13)10-19-17(21)11-24-16-8-7-14(20(22)23)9-15(16)18/h2-9,12H,10-11H2,1H3,(H,19,21)/t12-/m1/s1. The van der Waals surface area contributed by atoms with Gasteiger partial charge in [0.25, 0.3) is 11.6 Å². The van der Waals surface area contributed by atoms with Crippen molar-refractivity contribution in [3.8, 4) is 5.75 Å². The Bertz CT molecular complexity index is 722. The monoisotopic (exact) mass is 348 g/mol. The summed E-state index contributed by atoms with van der Waals surface area (Å²) in [6.45, 7) is 2.29. The van der Waals surface area contributed by atoms with Crippen molar-refractivity contribution < 1.29 is 14.5 Å². The lowest BCUT2D eigenvalue weighted by Gasteiger charge is -2.13. The number of non-ortho nitro benzene ring substituents is 1. The first kappa shape index (κ1) is 17.7. The highest BCUT2D eigenvalue weighted by molar-refractivity contribution is 6.32. The minimum Gasteiger partial charge on any atom is -0.482 e. The number of hydrogen-bond acceptors (Lipinski definition) is 4. The molecule has 1 N–H and O–H groups in total. The molecule has 0 aromatic heterocycles. The number of hydrogen-bond donors (Lipinski definition) is 1. The normalized spacial score (nSPS) is 11.6. The molecule has 7 heteroatoms. The van der Waals surface area contributed by atoms with Crippen LogP contribution >= 0.6 is 11.6 Å². The number of nitrogens with one attached hydrogen (secondary N) is 1. The van der Waals surface area contributed by atoms with Gasteiger partial charge >= 0.3 is 0 Å². The van der Waals surface area contributed by atoms with Crippen molar-refractivity contribution in [2.45, 2.75) is 12.8 Å². The van der Waals surface area contributed by atoms with Gasteiger partial charge in [0, 0.05) is 18.7 Å². The molecule has 0 aliphatic carbocycles. The van der Waals surface area contributed by atoms with Crippen molar-refractivity contribution in [2.24, 2.45) is 0 Å². The van der Waals surface area contributed by atoms with Crippen molar-refractivity contribution in [1.82, 2.24) is 5.32 Å². The maximum Gasteiger partial charge on any atom is 0.271 e. The Balaban J connectivity index is 1.82. The van der Waals surface area contributed by atoms with Gasteiger partial charge in [0.1, 0.15) is 5.75 Å². The van der Waals surface area contributed by atoms with E-state index in [2.05, 4.69) is 5.32 Å². The summed E-state index contributed by atoms with van der Waals surface area (Å²) in [7, 11) is 0. The smallest absolute Gasteiger partial charge is 0.271 e. The molecule has 24 heavy (non-hydrogen) atoms. The Morgan fingerprint density at radius 3 is 2.62 bits per heavy atom. The number of carbonyl (C=O) groups is 1. The van der Waals surface area contributed by atoms with E-state index in [1.54, 1.807) is 0 Å². The summed E-state index contributed by atoms with van der Waals surface area (Å²) in [5.74, 6) is 0.124. The first-order valence-corrected chi connectivity index (χ1v) is 7.73. The summed E-state index contributed by atoms with van der Waals surface area (Å²) in [4.78, 5) is 21.9. The minimum absolute atomic E-state index is 0.0923. The zero-order valence-corrected chi connectivity index (χ0v) is 13.8. The number of amides is 1. The van der Waals surface area contributed by atoms with E-state index < -0.39 is 4.92 Å². The van der Waals surface area contributed by atoms with Crippen molar-refractivity contribution >= 4 is 23.2 Å². The molecule has 0 spiro atoms. The van der Waals surface area contributed by atoms with Gasteiger partial charge in [-0.3, -0.25) is 14.9 Å². The second-order valence-corrected chi connectivity index (χ2v) is 5.68. The topological polar surface area (TPSA) is 81.5 Å². The van der Waals surface area contributed by atoms with Crippen molar-refractivity contribution in [3.63, 3.8) is 0 Å². The predicted molar refractivity (Wildman–Crippen MR) is 91.5 cm³/mol. The number of rotatable bonds is 7. The van der Waals surface area contributed by atoms with Crippen LogP contribution in [0.15, 0.2) is 48.5 Å². The van der Waals surface area contributed by atoms with Gasteiger partial charge in [0.15, 0.2) is 6.61 Å². The Hall–Kier alpha value is -2.60. The molecule has 0 bridgehead atoms. The summed E-state index contributed by atoms with van der Waals surface area (Å²) < 4.78 is 5.30. The Kier molecular flexibility index (Phi) is 6.14. The zero-order chi connectivity index (χ0) is 17.5. The van der Waals surface area contributed by atoms with Crippen LogP contribution in [0, 0.1) is 10.1 Å². The molecule has 2 aromatic carbocycles. The molecular formula is C17H17ClN2O4. The third-order valence-corrected chi connectivity index (χ3v) is 3.75. The van der Waals surface area contributed by atoms with E-state index in [1.165, 1.54) is 18.2 Å². The molecule has 6 nitrogen and oxygen atoms in total. The predicted octanol–water partition coefficient (Wildman–Crippen LogP) is 3.55. The molecule has 1 atom stereocenters. The minimum atomic E-state index is -0.548. The summed E-state index contributed by atoms with van der Waals surface area (Å²) in [6.07, 6.45) is 0. The molecule has 0 fully saturated rings. The van der Waals surface area contributed by atoms with Crippen LogP contribution in [0.3, 0.4) is 0 Å². The van der Waals surface area contributed by atoms with Crippen LogP contribution in [0.5, 0.6) is 5.75 Å². The lowest BCUT2D eigenvalue weighted by atomic mass is 10.0. The van der Waals surface area contributed by atoms with Crippen LogP contribution in [0.4, 0.5) is 5.69 Å². The molecule has 0 radical (unpaired) electrons. The van der Waals surface area contributed by atoms with Crippen molar-refractivity contribution in [1.29, 1.82) is 0 Å². The Labute approximate surface area is 144 Å². The van der Waals surface area contributed by atoms with E-state index in [0.29, 0.717) is 6.54 Å². The van der Waals surface area contributed by atoms with Gasteiger partial charge < -0.3 is 10.1 Å². The fourth-order valence-corrected chi connectivity index (χ4v) is 2.31. The summed E-state index contributed by atoms with van der Waals surface area (Å²) in [6, 6.07) is 13.7. The fraction of sp³-hybridized carbons (Fsp3) is 0.235. The number of halogens is 1. The van der Waals surface area contributed by atoms with E-state index in [4.69, 9.17) is 16.3 Å². The van der Waals surface area contributed by atoms with E-state index in [0.717, 1.165) is 5.56 Å². The molecule has 1 amide bonds. The average molecular weight is 349 g/mol. The molecule has 2 aromatic rings. The number of nitro benzene ring substituents is 1. The molecular weight excluding hydrogens is 332 g/mol. The summed E-state index contributed by atoms with van der Waals surface area (Å²) in [5, 5.41) is 13.5. The molecule has 0 saturated carbocycles. The number of nitrogens with zero attached hydrogens (tertiary/aromatic N) is 1. The first-order chi connectivity index (χ1) is 11.5. The van der Waals surface area contributed by atoms with E-state index >= 15 is 0 Å². The van der Waals surface area contributed by atoms with Gasteiger partial charge in [0.05, 0.1) is 9.95 Å². The second kappa shape index (κ2) is 8.31. The lowest BCUT2D eigenvalue weighted by molar-refractivity contribution is -0.384. The molecule has 0 heterocycles. The van der Waals surface area contributed by atoms with Gasteiger partial charge in [-0.1, -0.05) is 48.9 Å². The van der Waals surface area contributed by atoms with Crippen LogP contribution in [-0.4, -0.2) is 24.0 Å². The third kappa shape index (κ3) is 4.96. The highest BCUT2D eigenvalue weighted by atomic mass is 35.5. The Morgan fingerprint density at radius 2 is 2.00 bits per heavy atom. The van der Waals surface area contributed by atoms with Crippen LogP contribution in [-0.2, 0) is 4.79 Å². The molecule has 0 unspecified atom stereocenters. The number of carbonyl (C=O) groups excluding carboxylic acids is 1. The summed E-state index contributed by atoms with van der Waals surface area (Å²) >= 11 is 5.90. The summed E-state index contributed by atoms with van der Waals surface area (Å²) in [5.41, 5.74) is 1.01. The molecule has 2 rings (SSSR count). The van der Waals surface area contributed by atoms with Gasteiger partial charge in [-0.25, -0.2) is 0 Å². The van der Waals surface area contributed by atoms with Crippen molar-refractivity contribution in [3.05, 3.63) is 69.2 Å². The number of ether oxygens (including phenoxy) is 1. The van der Waals surface area contributed by atoms with Gasteiger partial charge in [-0.2, -0.15) is 0 Å². The van der Waals surface area contributed by atoms with Gasteiger partial charge in [-0.05, 0) is 17.5 Å². The molecule has 126 valence electrons. The average Bonchev–Trinajstić information content (AvgIpc) is 2.59. The maximum absolute atomic E-state index is 11.9. The van der Waals surface area contributed by atoms with Gasteiger partial charge in [-0.15, -0.1) is 0 Å². The zero-order valence-electron chi connectivity index (χ0n) is 13.1. The van der Waals surface area contributed by atoms with E-state index in [1.807, 2.05) is 37.3 Å². The molecule has 0 aliphatic heterocycles. The van der Waals surface area contributed by atoms with E-state index in [9.17, 15) is 14.9 Å². The third-order valence-electron chi connectivity index (χ3n) is 3.46. The quantitative estimate of drug-likeness (QED) is 0.612. The number of nitro groups is 1. The number of benzene rings is 2. The van der Waals surface area contributed by atoms with Gasteiger partial charge in [0.2, 0.25) is 0 Å². The van der Waals surface area contributed by atoms with Crippen LogP contribution in [0.2, 0.25) is 5.02 Å². The second-order valence-electron chi connectivity index (χ2n) is 5.28. The van der Waals surface area contributed by atoms with Crippen LogP contribution in [0.1, 0.15) is 18.4 Å². The highest BCUT2D eigenvalue weighted by Gasteiger charge is 2.12. The molecule has 0 saturated heterocycles. The largest absolute Gasteiger partial charge is 0.482 e. The Morgan fingerprint density at radius 1 is 1.29 bits per heavy atom.